The monoisotopic (exact) mass is 322 g/mol. The highest BCUT2D eigenvalue weighted by molar-refractivity contribution is 5.98. The number of rotatable bonds is 8. The zero-order valence-electron chi connectivity index (χ0n) is 13.8. The van der Waals surface area contributed by atoms with Crippen molar-refractivity contribution in [3.05, 3.63) is 33.9 Å². The van der Waals surface area contributed by atoms with Gasteiger partial charge in [-0.15, -0.1) is 0 Å². The molecule has 1 rings (SSSR count). The van der Waals surface area contributed by atoms with Crippen LogP contribution in [0.25, 0.3) is 0 Å². The van der Waals surface area contributed by atoms with Gasteiger partial charge >= 0.3 is 5.69 Å². The van der Waals surface area contributed by atoms with Crippen molar-refractivity contribution in [2.24, 2.45) is 11.8 Å². The minimum absolute atomic E-state index is 0.0324. The number of carbonyl (C=O) groups excluding carboxylic acids is 2. The molecule has 0 aliphatic carbocycles. The van der Waals surface area contributed by atoms with Crippen LogP contribution in [0.2, 0.25) is 0 Å². The Morgan fingerprint density at radius 2 is 1.91 bits per heavy atom. The van der Waals surface area contributed by atoms with Crippen LogP contribution in [0.3, 0.4) is 0 Å². The topological polar surface area (TPSA) is 98.5 Å². The molecule has 0 unspecified atom stereocenters. The van der Waals surface area contributed by atoms with Crippen LogP contribution in [0, 0.1) is 22.0 Å². The molecular formula is C16H22N2O5. The van der Waals surface area contributed by atoms with Gasteiger partial charge in [-0.2, -0.15) is 0 Å². The predicted octanol–water partition coefficient (Wildman–Crippen LogP) is 2.58. The number of carbonyl (C=O) groups is 2. The van der Waals surface area contributed by atoms with E-state index in [9.17, 15) is 19.7 Å². The van der Waals surface area contributed by atoms with Crippen molar-refractivity contribution in [3.8, 4) is 5.75 Å². The lowest BCUT2D eigenvalue weighted by Crippen LogP contribution is -2.31. The first kappa shape index (κ1) is 18.6. The number of ketones is 1. The SMILES string of the molecule is CC(C)CNC(=O)COc1ccc(C(=O)C(C)C)cc1[N+](=O)[O-]. The van der Waals surface area contributed by atoms with Crippen LogP contribution in [-0.4, -0.2) is 29.8 Å². The van der Waals surface area contributed by atoms with Crippen LogP contribution in [0.15, 0.2) is 18.2 Å². The second-order valence-electron chi connectivity index (χ2n) is 5.95. The van der Waals surface area contributed by atoms with Gasteiger partial charge in [0.25, 0.3) is 5.91 Å². The lowest BCUT2D eigenvalue weighted by molar-refractivity contribution is -0.385. The molecule has 1 amide bonds. The minimum Gasteiger partial charge on any atom is -0.477 e. The first-order chi connectivity index (χ1) is 10.7. The fourth-order valence-electron chi connectivity index (χ4n) is 1.78. The van der Waals surface area contributed by atoms with Gasteiger partial charge in [0.15, 0.2) is 18.1 Å². The second-order valence-corrected chi connectivity index (χ2v) is 5.95. The molecule has 7 heteroatoms. The van der Waals surface area contributed by atoms with Crippen molar-refractivity contribution in [1.29, 1.82) is 0 Å². The quantitative estimate of drug-likeness (QED) is 0.450. The third-order valence-electron chi connectivity index (χ3n) is 3.03. The summed E-state index contributed by atoms with van der Waals surface area (Å²) in [5.74, 6) is -0.530. The molecule has 1 N–H and O–H groups in total. The van der Waals surface area contributed by atoms with Crippen LogP contribution >= 0.6 is 0 Å². The Bertz CT molecular complexity index is 596. The zero-order valence-corrected chi connectivity index (χ0v) is 13.8. The number of ether oxygens (including phenoxy) is 1. The van der Waals surface area contributed by atoms with Crippen LogP contribution in [0.4, 0.5) is 5.69 Å². The van der Waals surface area contributed by atoms with Gasteiger partial charge in [-0.3, -0.25) is 19.7 Å². The van der Waals surface area contributed by atoms with Gasteiger partial charge < -0.3 is 10.1 Å². The Kier molecular flexibility index (Phi) is 6.68. The number of nitro groups is 1. The van der Waals surface area contributed by atoms with Crippen LogP contribution < -0.4 is 10.1 Å². The van der Waals surface area contributed by atoms with Crippen molar-refractivity contribution in [2.75, 3.05) is 13.2 Å². The highest BCUT2D eigenvalue weighted by Gasteiger charge is 2.20. The first-order valence-corrected chi connectivity index (χ1v) is 7.44. The summed E-state index contributed by atoms with van der Waals surface area (Å²) in [6.45, 7) is 7.54. The van der Waals surface area contributed by atoms with E-state index in [0.29, 0.717) is 12.5 Å². The molecule has 0 fully saturated rings. The summed E-state index contributed by atoms with van der Waals surface area (Å²) in [4.78, 5) is 34.0. The molecule has 0 aromatic heterocycles. The van der Waals surface area contributed by atoms with E-state index >= 15 is 0 Å². The average Bonchev–Trinajstić information content (AvgIpc) is 2.49. The van der Waals surface area contributed by atoms with Gasteiger partial charge in [0.2, 0.25) is 0 Å². The fraction of sp³-hybridized carbons (Fsp3) is 0.500. The molecule has 0 saturated heterocycles. The van der Waals surface area contributed by atoms with E-state index < -0.39 is 4.92 Å². The van der Waals surface area contributed by atoms with E-state index in [0.717, 1.165) is 0 Å². The first-order valence-electron chi connectivity index (χ1n) is 7.44. The Morgan fingerprint density at radius 1 is 1.26 bits per heavy atom. The van der Waals surface area contributed by atoms with Gasteiger partial charge in [-0.1, -0.05) is 27.7 Å². The molecule has 1 aromatic rings. The number of hydrogen-bond acceptors (Lipinski definition) is 5. The maximum atomic E-state index is 11.9. The number of nitro benzene ring substituents is 1. The second kappa shape index (κ2) is 8.26. The summed E-state index contributed by atoms with van der Waals surface area (Å²) in [7, 11) is 0. The van der Waals surface area contributed by atoms with Gasteiger partial charge in [-0.25, -0.2) is 0 Å². The fourth-order valence-corrected chi connectivity index (χ4v) is 1.78. The molecular weight excluding hydrogens is 300 g/mol. The van der Waals surface area contributed by atoms with Crippen molar-refractivity contribution in [1.82, 2.24) is 5.32 Å². The predicted molar refractivity (Wildman–Crippen MR) is 85.6 cm³/mol. The molecule has 0 aliphatic heterocycles. The lowest BCUT2D eigenvalue weighted by Gasteiger charge is -2.10. The van der Waals surface area contributed by atoms with Crippen molar-refractivity contribution in [3.63, 3.8) is 0 Å². The summed E-state index contributed by atoms with van der Waals surface area (Å²) in [5.41, 5.74) is -0.0727. The Hall–Kier alpha value is -2.44. The standard InChI is InChI=1S/C16H22N2O5/c1-10(2)8-17-15(19)9-23-14-6-5-12(16(20)11(3)4)7-13(14)18(21)22/h5-7,10-11H,8-9H2,1-4H3,(H,17,19). The summed E-state index contributed by atoms with van der Waals surface area (Å²) < 4.78 is 5.22. The highest BCUT2D eigenvalue weighted by atomic mass is 16.6. The summed E-state index contributed by atoms with van der Waals surface area (Å²) in [5, 5.41) is 13.8. The van der Waals surface area contributed by atoms with E-state index in [1.165, 1.54) is 18.2 Å². The average molecular weight is 322 g/mol. The van der Waals surface area contributed by atoms with Crippen molar-refractivity contribution in [2.45, 2.75) is 27.7 Å². The summed E-state index contributed by atoms with van der Waals surface area (Å²) in [6.07, 6.45) is 0. The van der Waals surface area contributed by atoms with Gasteiger partial charge in [0, 0.05) is 24.1 Å². The maximum absolute atomic E-state index is 11.9. The van der Waals surface area contributed by atoms with Crippen LogP contribution in [-0.2, 0) is 4.79 Å². The van der Waals surface area contributed by atoms with E-state index in [4.69, 9.17) is 4.74 Å². The molecule has 0 aliphatic rings. The molecule has 23 heavy (non-hydrogen) atoms. The van der Waals surface area contributed by atoms with Crippen LogP contribution in [0.1, 0.15) is 38.1 Å². The number of amides is 1. The molecule has 0 saturated carbocycles. The zero-order chi connectivity index (χ0) is 17.6. The molecule has 0 heterocycles. The summed E-state index contributed by atoms with van der Waals surface area (Å²) >= 11 is 0. The number of nitrogens with one attached hydrogen (secondary N) is 1. The third kappa shape index (κ3) is 5.69. The number of nitrogens with zero attached hydrogens (tertiary/aromatic N) is 1. The van der Waals surface area contributed by atoms with E-state index in [2.05, 4.69) is 5.32 Å². The van der Waals surface area contributed by atoms with E-state index in [1.54, 1.807) is 13.8 Å². The largest absolute Gasteiger partial charge is 0.477 e. The Balaban J connectivity index is 2.84. The number of benzene rings is 1. The maximum Gasteiger partial charge on any atom is 0.311 e. The van der Waals surface area contributed by atoms with Gasteiger partial charge in [0.1, 0.15) is 0 Å². The Morgan fingerprint density at radius 3 is 2.43 bits per heavy atom. The van der Waals surface area contributed by atoms with Crippen molar-refractivity contribution >= 4 is 17.4 Å². The minimum atomic E-state index is -0.627. The third-order valence-corrected chi connectivity index (χ3v) is 3.03. The van der Waals surface area contributed by atoms with Gasteiger partial charge in [-0.05, 0) is 18.1 Å². The molecule has 0 radical (unpaired) electrons. The molecule has 1 aromatic carbocycles. The summed E-state index contributed by atoms with van der Waals surface area (Å²) in [6, 6.07) is 4.00. The molecule has 0 atom stereocenters. The molecule has 126 valence electrons. The number of Topliss-reactive ketones (excluding diaryl/α,β-unsaturated/α-hetero) is 1. The normalized spacial score (nSPS) is 10.7. The van der Waals surface area contributed by atoms with Gasteiger partial charge in [0.05, 0.1) is 4.92 Å². The lowest BCUT2D eigenvalue weighted by atomic mass is 10.0. The highest BCUT2D eigenvalue weighted by Crippen LogP contribution is 2.28. The Labute approximate surface area is 135 Å². The molecule has 0 spiro atoms. The van der Waals surface area contributed by atoms with E-state index in [1.807, 2.05) is 13.8 Å². The molecule has 7 nitrogen and oxygen atoms in total. The van der Waals surface area contributed by atoms with Crippen molar-refractivity contribution < 1.29 is 19.2 Å². The van der Waals surface area contributed by atoms with Crippen LogP contribution in [0.5, 0.6) is 5.75 Å². The smallest absolute Gasteiger partial charge is 0.311 e. The number of hydrogen-bond donors (Lipinski definition) is 1. The van der Waals surface area contributed by atoms with E-state index in [-0.39, 0.29) is 41.2 Å². The molecule has 0 bridgehead atoms.